The van der Waals surface area contributed by atoms with Crippen LogP contribution in [0.3, 0.4) is 0 Å². The summed E-state index contributed by atoms with van der Waals surface area (Å²) >= 11 is 0. The van der Waals surface area contributed by atoms with Gasteiger partial charge in [0.2, 0.25) is 5.91 Å². The van der Waals surface area contributed by atoms with Crippen molar-refractivity contribution in [3.63, 3.8) is 0 Å². The average molecular weight is 367 g/mol. The molecule has 0 bridgehead atoms. The van der Waals surface area contributed by atoms with Gasteiger partial charge in [-0.2, -0.15) is 0 Å². The van der Waals surface area contributed by atoms with E-state index in [0.29, 0.717) is 12.5 Å². The number of amides is 1. The second kappa shape index (κ2) is 8.98. The summed E-state index contributed by atoms with van der Waals surface area (Å²) in [6.07, 6.45) is 8.13. The molecular formula is C22H30N4O. The monoisotopic (exact) mass is 366 g/mol. The molecule has 144 valence electrons. The first-order valence-corrected chi connectivity index (χ1v) is 9.93. The fourth-order valence-corrected chi connectivity index (χ4v) is 3.68. The lowest BCUT2D eigenvalue weighted by atomic mass is 9.96. The van der Waals surface area contributed by atoms with Crippen LogP contribution in [0.2, 0.25) is 0 Å². The molecular weight excluding hydrogens is 336 g/mol. The van der Waals surface area contributed by atoms with Gasteiger partial charge >= 0.3 is 0 Å². The van der Waals surface area contributed by atoms with Crippen LogP contribution in [0, 0.1) is 11.8 Å². The Balaban J connectivity index is 1.57. The van der Waals surface area contributed by atoms with E-state index >= 15 is 0 Å². The predicted octanol–water partition coefficient (Wildman–Crippen LogP) is 3.77. The van der Waals surface area contributed by atoms with E-state index in [9.17, 15) is 4.79 Å². The van der Waals surface area contributed by atoms with Crippen molar-refractivity contribution < 1.29 is 4.79 Å². The largest absolute Gasteiger partial charge is 0.355 e. The second-order valence-electron chi connectivity index (χ2n) is 7.92. The topological polar surface area (TPSA) is 58.1 Å². The quantitative estimate of drug-likeness (QED) is 0.845. The van der Waals surface area contributed by atoms with Crippen molar-refractivity contribution in [2.45, 2.75) is 46.1 Å². The third-order valence-electron chi connectivity index (χ3n) is 5.15. The Morgan fingerprint density at radius 3 is 2.67 bits per heavy atom. The van der Waals surface area contributed by atoms with E-state index in [4.69, 9.17) is 0 Å². The minimum atomic E-state index is -0.0107. The van der Waals surface area contributed by atoms with Crippen LogP contribution in [0.4, 0.5) is 5.82 Å². The van der Waals surface area contributed by atoms with Crippen molar-refractivity contribution in [2.75, 3.05) is 18.0 Å². The van der Waals surface area contributed by atoms with Gasteiger partial charge in [0.25, 0.3) is 0 Å². The lowest BCUT2D eigenvalue weighted by Gasteiger charge is -2.33. The van der Waals surface area contributed by atoms with Gasteiger partial charge in [0.05, 0.1) is 18.2 Å². The fraction of sp³-hybridized carbons (Fsp3) is 0.500. The Kier molecular flexibility index (Phi) is 6.43. The van der Waals surface area contributed by atoms with Crippen molar-refractivity contribution in [3.8, 4) is 0 Å². The number of aromatic nitrogens is 2. The van der Waals surface area contributed by atoms with E-state index in [1.807, 2.05) is 0 Å². The minimum absolute atomic E-state index is 0.0107. The first kappa shape index (κ1) is 19.3. The molecule has 1 aliphatic heterocycles. The Morgan fingerprint density at radius 1 is 1.22 bits per heavy atom. The molecule has 0 radical (unpaired) electrons. The standard InChI is InChI=1S/C22H30N4O/c1-16(2)13-18-6-8-19(9-7-18)17(3)25-22(27)20-5-4-12-26(15-20)21-14-23-10-11-24-21/h6-11,14,16-17,20H,4-5,12-13,15H2,1-3H3,(H,25,27)/t17-,20+/m1/s1. The van der Waals surface area contributed by atoms with Gasteiger partial charge in [-0.3, -0.25) is 9.78 Å². The summed E-state index contributed by atoms with van der Waals surface area (Å²) < 4.78 is 0. The molecule has 1 aliphatic rings. The molecule has 1 aromatic heterocycles. The van der Waals surface area contributed by atoms with Gasteiger partial charge in [0.1, 0.15) is 5.82 Å². The SMILES string of the molecule is CC(C)Cc1ccc([C@@H](C)NC(=O)[C@H]2CCCN(c3cnccn3)C2)cc1. The number of nitrogens with zero attached hydrogens (tertiary/aromatic N) is 3. The lowest BCUT2D eigenvalue weighted by molar-refractivity contribution is -0.125. The van der Waals surface area contributed by atoms with Crippen molar-refractivity contribution in [2.24, 2.45) is 11.8 Å². The van der Waals surface area contributed by atoms with Gasteiger partial charge in [-0.25, -0.2) is 4.98 Å². The molecule has 1 fully saturated rings. The number of carbonyl (C=O) groups is 1. The van der Waals surface area contributed by atoms with E-state index in [1.54, 1.807) is 18.6 Å². The van der Waals surface area contributed by atoms with Crippen molar-refractivity contribution >= 4 is 11.7 Å². The zero-order valence-corrected chi connectivity index (χ0v) is 16.6. The molecule has 2 heterocycles. The number of piperidine rings is 1. The summed E-state index contributed by atoms with van der Waals surface area (Å²) in [5, 5.41) is 3.20. The smallest absolute Gasteiger partial charge is 0.225 e. The van der Waals surface area contributed by atoms with Gasteiger partial charge in [-0.15, -0.1) is 0 Å². The molecule has 2 atom stereocenters. The summed E-state index contributed by atoms with van der Waals surface area (Å²) in [6, 6.07) is 8.63. The van der Waals surface area contributed by atoms with Gasteiger partial charge in [0.15, 0.2) is 0 Å². The van der Waals surface area contributed by atoms with Gasteiger partial charge < -0.3 is 10.2 Å². The molecule has 1 aromatic carbocycles. The molecule has 1 saturated heterocycles. The number of hydrogen-bond acceptors (Lipinski definition) is 4. The highest BCUT2D eigenvalue weighted by atomic mass is 16.2. The molecule has 2 aromatic rings. The predicted molar refractivity (Wildman–Crippen MR) is 109 cm³/mol. The second-order valence-corrected chi connectivity index (χ2v) is 7.92. The first-order valence-electron chi connectivity index (χ1n) is 9.93. The highest BCUT2D eigenvalue weighted by Crippen LogP contribution is 2.22. The van der Waals surface area contributed by atoms with Crippen LogP contribution >= 0.6 is 0 Å². The van der Waals surface area contributed by atoms with Gasteiger partial charge in [-0.05, 0) is 43.2 Å². The van der Waals surface area contributed by atoms with Crippen LogP contribution in [0.25, 0.3) is 0 Å². The maximum atomic E-state index is 12.8. The minimum Gasteiger partial charge on any atom is -0.355 e. The Hall–Kier alpha value is -2.43. The molecule has 27 heavy (non-hydrogen) atoms. The Labute approximate surface area is 162 Å². The molecule has 0 saturated carbocycles. The third kappa shape index (κ3) is 5.28. The third-order valence-corrected chi connectivity index (χ3v) is 5.15. The Bertz CT molecular complexity index is 730. The Morgan fingerprint density at radius 2 is 2.00 bits per heavy atom. The number of rotatable bonds is 6. The number of carbonyl (C=O) groups excluding carboxylic acids is 1. The zero-order chi connectivity index (χ0) is 19.2. The van der Waals surface area contributed by atoms with E-state index in [2.05, 4.69) is 65.2 Å². The van der Waals surface area contributed by atoms with Crippen LogP contribution in [0.5, 0.6) is 0 Å². The number of benzene rings is 1. The van der Waals surface area contributed by atoms with Crippen molar-refractivity contribution in [1.82, 2.24) is 15.3 Å². The van der Waals surface area contributed by atoms with E-state index in [0.717, 1.165) is 37.2 Å². The molecule has 1 amide bonds. The summed E-state index contributed by atoms with van der Waals surface area (Å²) in [4.78, 5) is 23.5. The highest BCUT2D eigenvalue weighted by molar-refractivity contribution is 5.80. The van der Waals surface area contributed by atoms with E-state index < -0.39 is 0 Å². The maximum Gasteiger partial charge on any atom is 0.225 e. The molecule has 5 nitrogen and oxygen atoms in total. The van der Waals surface area contributed by atoms with Crippen LogP contribution in [-0.2, 0) is 11.2 Å². The van der Waals surface area contributed by atoms with E-state index in [-0.39, 0.29) is 17.9 Å². The first-order chi connectivity index (χ1) is 13.0. The van der Waals surface area contributed by atoms with Crippen LogP contribution in [0.15, 0.2) is 42.9 Å². The number of anilines is 1. The lowest BCUT2D eigenvalue weighted by Crippen LogP contribution is -2.44. The fourth-order valence-electron chi connectivity index (χ4n) is 3.68. The summed E-state index contributed by atoms with van der Waals surface area (Å²) in [5.41, 5.74) is 2.50. The zero-order valence-electron chi connectivity index (χ0n) is 16.6. The maximum absolute atomic E-state index is 12.8. The van der Waals surface area contributed by atoms with E-state index in [1.165, 1.54) is 5.56 Å². The molecule has 0 spiro atoms. The van der Waals surface area contributed by atoms with Gasteiger partial charge in [-0.1, -0.05) is 38.1 Å². The number of nitrogens with one attached hydrogen (secondary N) is 1. The molecule has 0 aliphatic carbocycles. The number of hydrogen-bond donors (Lipinski definition) is 1. The van der Waals surface area contributed by atoms with Crippen LogP contribution < -0.4 is 10.2 Å². The van der Waals surface area contributed by atoms with Crippen LogP contribution in [0.1, 0.15) is 50.8 Å². The summed E-state index contributed by atoms with van der Waals surface area (Å²) in [5.74, 6) is 1.62. The average Bonchev–Trinajstić information content (AvgIpc) is 2.69. The van der Waals surface area contributed by atoms with Crippen molar-refractivity contribution in [1.29, 1.82) is 0 Å². The molecule has 1 N–H and O–H groups in total. The molecule has 5 heteroatoms. The highest BCUT2D eigenvalue weighted by Gasteiger charge is 2.27. The molecule has 3 rings (SSSR count). The summed E-state index contributed by atoms with van der Waals surface area (Å²) in [7, 11) is 0. The van der Waals surface area contributed by atoms with Crippen LogP contribution in [-0.4, -0.2) is 29.0 Å². The van der Waals surface area contributed by atoms with Gasteiger partial charge in [0, 0.05) is 25.5 Å². The van der Waals surface area contributed by atoms with Crippen molar-refractivity contribution in [3.05, 3.63) is 54.0 Å². The molecule has 0 unspecified atom stereocenters. The normalized spacial score (nSPS) is 18.4. The summed E-state index contributed by atoms with van der Waals surface area (Å²) in [6.45, 7) is 8.13.